The Bertz CT molecular complexity index is 414. The number of aryl methyl sites for hydroxylation is 1. The summed E-state index contributed by atoms with van der Waals surface area (Å²) in [6.07, 6.45) is 8.27. The summed E-state index contributed by atoms with van der Waals surface area (Å²) in [7, 11) is 0. The van der Waals surface area contributed by atoms with E-state index in [0.717, 1.165) is 31.4 Å². The Morgan fingerprint density at radius 3 is 2.85 bits per heavy atom. The zero-order valence-electron chi connectivity index (χ0n) is 12.5. The quantitative estimate of drug-likeness (QED) is 0.894. The maximum atomic E-state index is 5.04. The van der Waals surface area contributed by atoms with Gasteiger partial charge in [-0.25, -0.2) is 0 Å². The van der Waals surface area contributed by atoms with E-state index in [-0.39, 0.29) is 0 Å². The third kappa shape index (κ3) is 3.79. The highest BCUT2D eigenvalue weighted by molar-refractivity contribution is 4.87. The molecule has 5 nitrogen and oxygen atoms in total. The molecular formula is C15H26N4O. The lowest BCUT2D eigenvalue weighted by Gasteiger charge is -2.33. The topological polar surface area (TPSA) is 54.2 Å². The number of piperidine rings is 1. The van der Waals surface area contributed by atoms with E-state index in [9.17, 15) is 0 Å². The van der Waals surface area contributed by atoms with Gasteiger partial charge in [-0.3, -0.25) is 4.90 Å². The number of hydrogen-bond acceptors (Lipinski definition) is 5. The molecule has 1 aliphatic carbocycles. The predicted molar refractivity (Wildman–Crippen MR) is 77.3 cm³/mol. The van der Waals surface area contributed by atoms with Crippen LogP contribution in [0.2, 0.25) is 0 Å². The maximum absolute atomic E-state index is 5.04. The van der Waals surface area contributed by atoms with Crippen molar-refractivity contribution in [3.05, 3.63) is 11.7 Å². The molecule has 112 valence electrons. The summed E-state index contributed by atoms with van der Waals surface area (Å²) < 4.78 is 5.04. The first-order chi connectivity index (χ1) is 9.79. The summed E-state index contributed by atoms with van der Waals surface area (Å²) in [6.45, 7) is 6.13. The minimum absolute atomic E-state index is 0.636. The molecule has 20 heavy (non-hydrogen) atoms. The molecule has 0 unspecified atom stereocenters. The smallest absolute Gasteiger partial charge is 0.223 e. The molecule has 5 heteroatoms. The normalized spacial score (nSPS) is 25.4. The standard InChI is InChI=1S/C15H26N4O/c1-12-17-15(18-20-12)11-19-8-4-7-14(10-19)16-9-13-5-2-3-6-13/h13-14,16H,2-11H2,1H3/t14-/m1/s1. The summed E-state index contributed by atoms with van der Waals surface area (Å²) in [5, 5.41) is 7.77. The minimum atomic E-state index is 0.636. The number of nitrogens with one attached hydrogen (secondary N) is 1. The average Bonchev–Trinajstić information content (AvgIpc) is 3.09. The van der Waals surface area contributed by atoms with Crippen LogP contribution in [0, 0.1) is 12.8 Å². The van der Waals surface area contributed by atoms with Crippen molar-refractivity contribution in [3.63, 3.8) is 0 Å². The molecule has 1 saturated carbocycles. The van der Waals surface area contributed by atoms with Crippen LogP contribution >= 0.6 is 0 Å². The van der Waals surface area contributed by atoms with Crippen molar-refractivity contribution >= 4 is 0 Å². The first-order valence-corrected chi connectivity index (χ1v) is 8.04. The molecule has 1 saturated heterocycles. The van der Waals surface area contributed by atoms with Gasteiger partial charge in [0, 0.05) is 19.5 Å². The van der Waals surface area contributed by atoms with Crippen molar-refractivity contribution in [2.75, 3.05) is 19.6 Å². The summed E-state index contributed by atoms with van der Waals surface area (Å²) in [5.41, 5.74) is 0. The van der Waals surface area contributed by atoms with Gasteiger partial charge in [0.25, 0.3) is 0 Å². The molecule has 1 N–H and O–H groups in total. The van der Waals surface area contributed by atoms with E-state index in [1.165, 1.54) is 45.1 Å². The first kappa shape index (κ1) is 14.0. The fourth-order valence-electron chi connectivity index (χ4n) is 3.52. The van der Waals surface area contributed by atoms with E-state index in [1.54, 1.807) is 0 Å². The van der Waals surface area contributed by atoms with Crippen molar-refractivity contribution in [1.82, 2.24) is 20.4 Å². The van der Waals surface area contributed by atoms with E-state index in [1.807, 2.05) is 6.92 Å². The lowest BCUT2D eigenvalue weighted by Crippen LogP contribution is -2.46. The molecule has 1 aromatic rings. The molecule has 0 bridgehead atoms. The molecule has 2 fully saturated rings. The fourth-order valence-corrected chi connectivity index (χ4v) is 3.52. The Balaban J connectivity index is 1.43. The lowest BCUT2D eigenvalue weighted by atomic mass is 10.0. The van der Waals surface area contributed by atoms with Crippen LogP contribution in [0.4, 0.5) is 0 Å². The predicted octanol–water partition coefficient (Wildman–Crippen LogP) is 2.12. The van der Waals surface area contributed by atoms with E-state index in [4.69, 9.17) is 4.52 Å². The Labute approximate surface area is 121 Å². The molecule has 1 atom stereocenters. The second-order valence-electron chi connectivity index (χ2n) is 6.36. The molecule has 0 amide bonds. The van der Waals surface area contributed by atoms with Gasteiger partial charge in [-0.15, -0.1) is 0 Å². The van der Waals surface area contributed by atoms with Crippen LogP contribution in [-0.2, 0) is 6.54 Å². The van der Waals surface area contributed by atoms with Gasteiger partial charge in [-0.2, -0.15) is 4.98 Å². The SMILES string of the molecule is Cc1nc(CN2CCC[C@@H](NCC3CCCC3)C2)no1. The number of likely N-dealkylation sites (tertiary alicyclic amines) is 1. The molecule has 0 radical (unpaired) electrons. The Kier molecular flexibility index (Phi) is 4.68. The zero-order valence-corrected chi connectivity index (χ0v) is 12.5. The summed E-state index contributed by atoms with van der Waals surface area (Å²) in [6, 6.07) is 0.636. The Morgan fingerprint density at radius 2 is 2.10 bits per heavy atom. The zero-order chi connectivity index (χ0) is 13.8. The van der Waals surface area contributed by atoms with Crippen LogP contribution in [-0.4, -0.2) is 40.7 Å². The van der Waals surface area contributed by atoms with Crippen molar-refractivity contribution in [2.24, 2.45) is 5.92 Å². The highest BCUT2D eigenvalue weighted by Crippen LogP contribution is 2.24. The highest BCUT2D eigenvalue weighted by atomic mass is 16.5. The third-order valence-electron chi connectivity index (χ3n) is 4.61. The number of aromatic nitrogens is 2. The van der Waals surface area contributed by atoms with E-state index in [2.05, 4.69) is 20.4 Å². The average molecular weight is 278 g/mol. The maximum Gasteiger partial charge on any atom is 0.223 e. The van der Waals surface area contributed by atoms with Gasteiger partial charge in [0.2, 0.25) is 5.89 Å². The third-order valence-corrected chi connectivity index (χ3v) is 4.61. The molecule has 2 aliphatic rings. The lowest BCUT2D eigenvalue weighted by molar-refractivity contribution is 0.175. The molecule has 1 aliphatic heterocycles. The van der Waals surface area contributed by atoms with Crippen LogP contribution in [0.5, 0.6) is 0 Å². The Morgan fingerprint density at radius 1 is 1.25 bits per heavy atom. The first-order valence-electron chi connectivity index (χ1n) is 8.04. The molecule has 0 spiro atoms. The Hall–Kier alpha value is -0.940. The van der Waals surface area contributed by atoms with Gasteiger partial charge >= 0.3 is 0 Å². The van der Waals surface area contributed by atoms with Gasteiger partial charge in [0.15, 0.2) is 5.82 Å². The summed E-state index contributed by atoms with van der Waals surface area (Å²) in [5.74, 6) is 2.40. The monoisotopic (exact) mass is 278 g/mol. The van der Waals surface area contributed by atoms with Gasteiger partial charge in [-0.1, -0.05) is 18.0 Å². The molecule has 0 aromatic carbocycles. The van der Waals surface area contributed by atoms with Crippen LogP contribution < -0.4 is 5.32 Å². The van der Waals surface area contributed by atoms with Crippen LogP contribution in [0.25, 0.3) is 0 Å². The van der Waals surface area contributed by atoms with Crippen molar-refractivity contribution < 1.29 is 4.52 Å². The van der Waals surface area contributed by atoms with E-state index >= 15 is 0 Å². The van der Waals surface area contributed by atoms with Gasteiger partial charge in [0.1, 0.15) is 0 Å². The molecular weight excluding hydrogens is 252 g/mol. The molecule has 3 rings (SSSR count). The fraction of sp³-hybridized carbons (Fsp3) is 0.867. The molecule has 2 heterocycles. The highest BCUT2D eigenvalue weighted by Gasteiger charge is 2.22. The van der Waals surface area contributed by atoms with Crippen molar-refractivity contribution in [2.45, 2.75) is 58.0 Å². The van der Waals surface area contributed by atoms with Crippen molar-refractivity contribution in [1.29, 1.82) is 0 Å². The van der Waals surface area contributed by atoms with Crippen LogP contribution in [0.3, 0.4) is 0 Å². The number of hydrogen-bond donors (Lipinski definition) is 1. The van der Waals surface area contributed by atoms with Crippen molar-refractivity contribution in [3.8, 4) is 0 Å². The largest absolute Gasteiger partial charge is 0.340 e. The van der Waals surface area contributed by atoms with E-state index in [0.29, 0.717) is 11.9 Å². The van der Waals surface area contributed by atoms with Gasteiger partial charge < -0.3 is 9.84 Å². The number of nitrogens with zero attached hydrogens (tertiary/aromatic N) is 3. The summed E-state index contributed by atoms with van der Waals surface area (Å²) >= 11 is 0. The van der Waals surface area contributed by atoms with E-state index < -0.39 is 0 Å². The second kappa shape index (κ2) is 6.68. The summed E-state index contributed by atoms with van der Waals surface area (Å²) in [4.78, 5) is 6.74. The van der Waals surface area contributed by atoms with Gasteiger partial charge in [-0.05, 0) is 44.7 Å². The second-order valence-corrected chi connectivity index (χ2v) is 6.36. The van der Waals surface area contributed by atoms with Crippen LogP contribution in [0.15, 0.2) is 4.52 Å². The number of rotatable bonds is 5. The minimum Gasteiger partial charge on any atom is -0.340 e. The van der Waals surface area contributed by atoms with Crippen LogP contribution in [0.1, 0.15) is 50.2 Å². The van der Waals surface area contributed by atoms with Gasteiger partial charge in [0.05, 0.1) is 6.54 Å². The molecule has 1 aromatic heterocycles.